The van der Waals surface area contributed by atoms with Gasteiger partial charge in [-0.15, -0.1) is 0 Å². The Bertz CT molecular complexity index is 596. The van der Waals surface area contributed by atoms with E-state index in [1.54, 1.807) is 0 Å². The number of halogens is 3. The molecule has 1 heterocycles. The number of nitrogens with one attached hydrogen (secondary N) is 2. The minimum atomic E-state index is -5.23. The maximum atomic E-state index is 12.7. The predicted octanol–water partition coefficient (Wildman–Crippen LogP) is 3.22. The summed E-state index contributed by atoms with van der Waals surface area (Å²) in [6.45, 7) is 3.09. The molecule has 0 unspecified atom stereocenters. The van der Waals surface area contributed by atoms with E-state index >= 15 is 0 Å². The highest BCUT2D eigenvalue weighted by Crippen LogP contribution is 2.29. The number of nitrogens with zero attached hydrogens (tertiary/aromatic N) is 2. The third-order valence-corrected chi connectivity index (χ3v) is 7.17. The molecule has 0 atom stereocenters. The quantitative estimate of drug-likeness (QED) is 0.372. The number of sulfonamides is 1. The topological polar surface area (TPSA) is 73.8 Å². The highest BCUT2D eigenvalue weighted by molar-refractivity contribution is 7.90. The van der Waals surface area contributed by atoms with Gasteiger partial charge in [-0.3, -0.25) is 4.99 Å². The molecule has 2 aliphatic rings. The Morgan fingerprint density at radius 2 is 1.75 bits per heavy atom. The standard InChI is InChI=1S/C18H33F3N4O2S/c1-2-22-17(23-12-6-9-15-7-4-3-5-8-15)24-16-10-13-25(14-11-16)28(26,27)18(19,20)21/h15-16H,2-14H2,1H3,(H2,22,23,24). The van der Waals surface area contributed by atoms with Crippen molar-refractivity contribution in [1.82, 2.24) is 14.9 Å². The molecule has 10 heteroatoms. The summed E-state index contributed by atoms with van der Waals surface area (Å²) < 4.78 is 61.5. The molecule has 0 bridgehead atoms. The Morgan fingerprint density at radius 1 is 1.11 bits per heavy atom. The van der Waals surface area contributed by atoms with E-state index in [2.05, 4.69) is 15.6 Å². The van der Waals surface area contributed by atoms with Gasteiger partial charge >= 0.3 is 15.5 Å². The van der Waals surface area contributed by atoms with Gasteiger partial charge in [0.1, 0.15) is 0 Å². The first-order chi connectivity index (χ1) is 13.2. The van der Waals surface area contributed by atoms with Crippen molar-refractivity contribution in [3.8, 4) is 0 Å². The summed E-state index contributed by atoms with van der Waals surface area (Å²) in [6.07, 6.45) is 9.53. The van der Waals surface area contributed by atoms with Crippen molar-refractivity contribution in [2.75, 3.05) is 26.2 Å². The molecule has 1 aliphatic heterocycles. The van der Waals surface area contributed by atoms with E-state index < -0.39 is 15.5 Å². The summed E-state index contributed by atoms with van der Waals surface area (Å²) in [5, 5.41) is 6.40. The van der Waals surface area contributed by atoms with Gasteiger partial charge in [-0.05, 0) is 38.5 Å². The average Bonchev–Trinajstić information content (AvgIpc) is 2.66. The minimum Gasteiger partial charge on any atom is -0.357 e. The molecule has 1 saturated heterocycles. The minimum absolute atomic E-state index is 0.0872. The summed E-state index contributed by atoms with van der Waals surface area (Å²) in [7, 11) is -5.23. The smallest absolute Gasteiger partial charge is 0.357 e. The first kappa shape index (κ1) is 23.3. The molecule has 2 N–H and O–H groups in total. The summed E-state index contributed by atoms with van der Waals surface area (Å²) in [5.41, 5.74) is -5.23. The van der Waals surface area contributed by atoms with E-state index in [1.807, 2.05) is 6.92 Å². The fourth-order valence-corrected chi connectivity index (χ4v) is 4.93. The number of hydrogen-bond acceptors (Lipinski definition) is 3. The lowest BCUT2D eigenvalue weighted by Gasteiger charge is -2.32. The first-order valence-corrected chi connectivity index (χ1v) is 11.8. The zero-order valence-corrected chi connectivity index (χ0v) is 17.4. The van der Waals surface area contributed by atoms with Crippen LogP contribution in [-0.2, 0) is 10.0 Å². The van der Waals surface area contributed by atoms with Crippen LogP contribution in [0.5, 0.6) is 0 Å². The molecule has 0 aromatic carbocycles. The Hall–Kier alpha value is -1.03. The summed E-state index contributed by atoms with van der Waals surface area (Å²) in [6, 6.07) is -0.0872. The number of piperidine rings is 1. The lowest BCUT2D eigenvalue weighted by Crippen LogP contribution is -2.51. The van der Waals surface area contributed by atoms with Crippen molar-refractivity contribution >= 4 is 16.0 Å². The van der Waals surface area contributed by atoms with E-state index in [4.69, 9.17) is 0 Å². The zero-order chi connectivity index (χ0) is 20.6. The van der Waals surface area contributed by atoms with Gasteiger partial charge < -0.3 is 10.6 Å². The molecule has 6 nitrogen and oxygen atoms in total. The maximum Gasteiger partial charge on any atom is 0.511 e. The largest absolute Gasteiger partial charge is 0.511 e. The maximum absolute atomic E-state index is 12.7. The number of alkyl halides is 3. The Balaban J connectivity index is 1.77. The van der Waals surface area contributed by atoms with Crippen LogP contribution in [0.1, 0.15) is 64.7 Å². The third-order valence-electron chi connectivity index (χ3n) is 5.54. The zero-order valence-electron chi connectivity index (χ0n) is 16.6. The second-order valence-electron chi connectivity index (χ2n) is 7.68. The lowest BCUT2D eigenvalue weighted by molar-refractivity contribution is -0.0494. The SMILES string of the molecule is CCNC(=NCCCC1CCCCC1)NC1CCN(S(=O)(=O)C(F)(F)F)CC1. The highest BCUT2D eigenvalue weighted by atomic mass is 32.2. The van der Waals surface area contributed by atoms with E-state index in [0.29, 0.717) is 36.2 Å². The number of guanidine groups is 1. The van der Waals surface area contributed by atoms with Gasteiger partial charge in [0.05, 0.1) is 0 Å². The van der Waals surface area contributed by atoms with Crippen LogP contribution in [0.4, 0.5) is 13.2 Å². The number of aliphatic imine (C=N–C) groups is 1. The molecular weight excluding hydrogens is 393 g/mol. The molecule has 2 fully saturated rings. The Morgan fingerprint density at radius 3 is 2.32 bits per heavy atom. The molecule has 1 saturated carbocycles. The van der Waals surface area contributed by atoms with Crippen molar-refractivity contribution in [2.24, 2.45) is 10.9 Å². The molecule has 28 heavy (non-hydrogen) atoms. The summed E-state index contributed by atoms with van der Waals surface area (Å²) >= 11 is 0. The van der Waals surface area contributed by atoms with Gasteiger partial charge in [0.15, 0.2) is 5.96 Å². The normalized spacial score (nSPS) is 21.6. The molecular formula is C18H33F3N4O2S. The predicted molar refractivity (Wildman–Crippen MR) is 104 cm³/mol. The van der Waals surface area contributed by atoms with Gasteiger partial charge in [0, 0.05) is 32.2 Å². The lowest BCUT2D eigenvalue weighted by atomic mass is 9.86. The van der Waals surface area contributed by atoms with Gasteiger partial charge in [0.2, 0.25) is 0 Å². The molecule has 0 radical (unpaired) electrons. The van der Waals surface area contributed by atoms with Gasteiger partial charge in [-0.25, -0.2) is 8.42 Å². The van der Waals surface area contributed by atoms with Crippen molar-refractivity contribution < 1.29 is 21.6 Å². The summed E-state index contributed by atoms with van der Waals surface area (Å²) in [4.78, 5) is 4.58. The van der Waals surface area contributed by atoms with Crippen LogP contribution in [0.3, 0.4) is 0 Å². The molecule has 164 valence electrons. The Labute approximate surface area is 166 Å². The molecule has 0 aromatic rings. The monoisotopic (exact) mass is 426 g/mol. The summed E-state index contributed by atoms with van der Waals surface area (Å²) in [5.74, 6) is 1.47. The second kappa shape index (κ2) is 10.7. The van der Waals surface area contributed by atoms with Crippen LogP contribution in [0.15, 0.2) is 4.99 Å². The fourth-order valence-electron chi connectivity index (χ4n) is 3.95. The highest BCUT2D eigenvalue weighted by Gasteiger charge is 2.50. The van der Waals surface area contributed by atoms with Crippen LogP contribution < -0.4 is 10.6 Å². The number of hydrogen-bond donors (Lipinski definition) is 2. The van der Waals surface area contributed by atoms with Crippen LogP contribution in [0, 0.1) is 5.92 Å². The van der Waals surface area contributed by atoms with E-state index in [-0.39, 0.29) is 19.1 Å². The molecule has 0 spiro atoms. The van der Waals surface area contributed by atoms with E-state index in [1.165, 1.54) is 38.5 Å². The fraction of sp³-hybridized carbons (Fsp3) is 0.944. The van der Waals surface area contributed by atoms with Crippen LogP contribution >= 0.6 is 0 Å². The third kappa shape index (κ3) is 6.79. The number of rotatable bonds is 7. The average molecular weight is 427 g/mol. The molecule has 1 aliphatic carbocycles. The first-order valence-electron chi connectivity index (χ1n) is 10.3. The van der Waals surface area contributed by atoms with Crippen molar-refractivity contribution in [1.29, 1.82) is 0 Å². The van der Waals surface area contributed by atoms with Crippen LogP contribution in [0.2, 0.25) is 0 Å². The van der Waals surface area contributed by atoms with Gasteiger partial charge in [-0.2, -0.15) is 17.5 Å². The molecule has 0 aromatic heterocycles. The second-order valence-corrected chi connectivity index (χ2v) is 9.60. The van der Waals surface area contributed by atoms with Crippen LogP contribution in [-0.4, -0.2) is 56.4 Å². The Kier molecular flexibility index (Phi) is 8.85. The van der Waals surface area contributed by atoms with Crippen molar-refractivity contribution in [3.05, 3.63) is 0 Å². The van der Waals surface area contributed by atoms with Gasteiger partial charge in [-0.1, -0.05) is 32.1 Å². The molecule has 0 amide bonds. The van der Waals surface area contributed by atoms with Crippen molar-refractivity contribution in [2.45, 2.75) is 76.3 Å². The van der Waals surface area contributed by atoms with E-state index in [9.17, 15) is 21.6 Å². The van der Waals surface area contributed by atoms with Gasteiger partial charge in [0.25, 0.3) is 0 Å². The van der Waals surface area contributed by atoms with E-state index in [0.717, 1.165) is 12.3 Å². The van der Waals surface area contributed by atoms with Crippen molar-refractivity contribution in [3.63, 3.8) is 0 Å². The van der Waals surface area contributed by atoms with Crippen LogP contribution in [0.25, 0.3) is 0 Å². The molecule has 2 rings (SSSR count).